The average Bonchev–Trinajstić information content (AvgIpc) is 2.76. The summed E-state index contributed by atoms with van der Waals surface area (Å²) in [7, 11) is 0. The van der Waals surface area contributed by atoms with Gasteiger partial charge in [0.15, 0.2) is 0 Å². The zero-order chi connectivity index (χ0) is 13.8. The van der Waals surface area contributed by atoms with E-state index in [1.807, 2.05) is 23.6 Å². The maximum absolute atomic E-state index is 11.4. The number of aliphatic carboxylic acids is 1. The first-order chi connectivity index (χ1) is 9.06. The molecular formula is C13H12ClNO3S. The normalized spacial score (nSPS) is 10.6. The zero-order valence-corrected chi connectivity index (χ0v) is 11.6. The quantitative estimate of drug-likeness (QED) is 0.891. The molecule has 2 aromatic rings. The molecule has 19 heavy (non-hydrogen) atoms. The van der Waals surface area contributed by atoms with Gasteiger partial charge in [-0.05, 0) is 34.5 Å². The van der Waals surface area contributed by atoms with Crippen LogP contribution in [0, 0.1) is 0 Å². The van der Waals surface area contributed by atoms with Crippen LogP contribution in [0.3, 0.4) is 0 Å². The molecule has 0 aliphatic carbocycles. The Labute approximate surface area is 119 Å². The van der Waals surface area contributed by atoms with Gasteiger partial charge in [-0.1, -0.05) is 11.6 Å². The van der Waals surface area contributed by atoms with E-state index in [1.165, 1.54) is 0 Å². The third-order valence-electron chi connectivity index (χ3n) is 2.66. The summed E-state index contributed by atoms with van der Waals surface area (Å²) in [6.45, 7) is 0.388. The largest absolute Gasteiger partial charge is 0.481 e. The molecule has 0 spiro atoms. The smallest absolute Gasteiger partial charge is 0.303 e. The van der Waals surface area contributed by atoms with E-state index in [2.05, 4.69) is 5.32 Å². The summed E-state index contributed by atoms with van der Waals surface area (Å²) in [5.74, 6) is -1.23. The number of amides is 1. The molecule has 0 unspecified atom stereocenters. The molecule has 0 saturated heterocycles. The van der Waals surface area contributed by atoms with Crippen molar-refractivity contribution in [3.05, 3.63) is 34.2 Å². The van der Waals surface area contributed by atoms with Crippen LogP contribution in [-0.4, -0.2) is 17.0 Å². The predicted molar refractivity (Wildman–Crippen MR) is 75.6 cm³/mol. The first-order valence-corrected chi connectivity index (χ1v) is 6.96. The van der Waals surface area contributed by atoms with Crippen molar-refractivity contribution in [2.45, 2.75) is 19.4 Å². The van der Waals surface area contributed by atoms with Gasteiger partial charge in [-0.25, -0.2) is 0 Å². The lowest BCUT2D eigenvalue weighted by atomic mass is 10.2. The number of fused-ring (bicyclic) bond motifs is 1. The Kier molecular flexibility index (Phi) is 4.39. The third kappa shape index (κ3) is 3.68. The van der Waals surface area contributed by atoms with Gasteiger partial charge < -0.3 is 10.4 Å². The second-order valence-corrected chi connectivity index (χ2v) is 5.42. The molecule has 6 heteroatoms. The molecule has 100 valence electrons. The SMILES string of the molecule is O=C(O)CCC(=O)NCc1csc2ccc(Cl)cc12. The van der Waals surface area contributed by atoms with Crippen LogP contribution in [0.5, 0.6) is 0 Å². The number of hydrogen-bond donors (Lipinski definition) is 2. The molecular weight excluding hydrogens is 286 g/mol. The molecule has 0 aliphatic heterocycles. The molecule has 0 saturated carbocycles. The number of carboxylic acid groups (broad SMARTS) is 1. The first-order valence-electron chi connectivity index (χ1n) is 5.70. The molecule has 0 radical (unpaired) electrons. The summed E-state index contributed by atoms with van der Waals surface area (Å²) in [4.78, 5) is 21.8. The fourth-order valence-electron chi connectivity index (χ4n) is 1.69. The predicted octanol–water partition coefficient (Wildman–Crippen LogP) is 3.04. The van der Waals surface area contributed by atoms with Crippen LogP contribution in [0.25, 0.3) is 10.1 Å². The monoisotopic (exact) mass is 297 g/mol. The Hall–Kier alpha value is -1.59. The Balaban J connectivity index is 2.00. The van der Waals surface area contributed by atoms with E-state index in [-0.39, 0.29) is 18.7 Å². The summed E-state index contributed by atoms with van der Waals surface area (Å²) in [5, 5.41) is 14.9. The average molecular weight is 298 g/mol. The van der Waals surface area contributed by atoms with E-state index in [0.29, 0.717) is 11.6 Å². The van der Waals surface area contributed by atoms with Crippen molar-refractivity contribution in [1.29, 1.82) is 0 Å². The molecule has 2 N–H and O–H groups in total. The maximum atomic E-state index is 11.4. The number of rotatable bonds is 5. The van der Waals surface area contributed by atoms with Crippen molar-refractivity contribution in [3.63, 3.8) is 0 Å². The number of nitrogens with one attached hydrogen (secondary N) is 1. The van der Waals surface area contributed by atoms with Crippen molar-refractivity contribution in [2.24, 2.45) is 0 Å². The number of halogens is 1. The minimum Gasteiger partial charge on any atom is -0.481 e. The number of carbonyl (C=O) groups excluding carboxylic acids is 1. The van der Waals surface area contributed by atoms with Gasteiger partial charge in [-0.3, -0.25) is 9.59 Å². The fourth-order valence-corrected chi connectivity index (χ4v) is 2.81. The third-order valence-corrected chi connectivity index (χ3v) is 3.91. The van der Waals surface area contributed by atoms with Gasteiger partial charge >= 0.3 is 5.97 Å². The molecule has 1 amide bonds. The Morgan fingerprint density at radius 3 is 2.84 bits per heavy atom. The van der Waals surface area contributed by atoms with Gasteiger partial charge in [0, 0.05) is 22.7 Å². The van der Waals surface area contributed by atoms with Gasteiger partial charge in [0.25, 0.3) is 0 Å². The van der Waals surface area contributed by atoms with Crippen LogP contribution in [-0.2, 0) is 16.1 Å². The number of carboxylic acids is 1. The maximum Gasteiger partial charge on any atom is 0.303 e. The lowest BCUT2D eigenvalue weighted by molar-refractivity contribution is -0.138. The highest BCUT2D eigenvalue weighted by Gasteiger charge is 2.08. The summed E-state index contributed by atoms with van der Waals surface area (Å²) < 4.78 is 1.11. The second-order valence-electron chi connectivity index (χ2n) is 4.07. The molecule has 0 fully saturated rings. The van der Waals surface area contributed by atoms with Gasteiger partial charge in [-0.15, -0.1) is 11.3 Å². The van der Waals surface area contributed by atoms with Gasteiger partial charge in [0.1, 0.15) is 0 Å². The van der Waals surface area contributed by atoms with Crippen LogP contribution in [0.1, 0.15) is 18.4 Å². The summed E-state index contributed by atoms with van der Waals surface area (Å²) >= 11 is 7.54. The minimum absolute atomic E-state index is 0.00183. The van der Waals surface area contributed by atoms with E-state index >= 15 is 0 Å². The number of thiophene rings is 1. The van der Waals surface area contributed by atoms with E-state index in [4.69, 9.17) is 16.7 Å². The van der Waals surface area contributed by atoms with Crippen molar-refractivity contribution in [3.8, 4) is 0 Å². The second kappa shape index (κ2) is 6.04. The van der Waals surface area contributed by atoms with Crippen LogP contribution >= 0.6 is 22.9 Å². The van der Waals surface area contributed by atoms with Crippen molar-refractivity contribution < 1.29 is 14.7 Å². The van der Waals surface area contributed by atoms with Crippen molar-refractivity contribution in [2.75, 3.05) is 0 Å². The van der Waals surface area contributed by atoms with Gasteiger partial charge in [-0.2, -0.15) is 0 Å². The van der Waals surface area contributed by atoms with E-state index in [1.54, 1.807) is 11.3 Å². The molecule has 0 aliphatic rings. The van der Waals surface area contributed by atoms with Crippen LogP contribution in [0.15, 0.2) is 23.6 Å². The van der Waals surface area contributed by atoms with Crippen LogP contribution in [0.4, 0.5) is 0 Å². The highest BCUT2D eigenvalue weighted by atomic mass is 35.5. The standard InChI is InChI=1S/C13H12ClNO3S/c14-9-1-2-11-10(5-9)8(7-19-11)6-15-12(16)3-4-13(17)18/h1-2,5,7H,3-4,6H2,(H,15,16)(H,17,18). The van der Waals surface area contributed by atoms with Crippen LogP contribution in [0.2, 0.25) is 5.02 Å². The molecule has 0 atom stereocenters. The molecule has 2 rings (SSSR count). The number of benzene rings is 1. The van der Waals surface area contributed by atoms with Crippen molar-refractivity contribution >= 4 is 44.9 Å². The lowest BCUT2D eigenvalue weighted by Gasteiger charge is -2.03. The highest BCUT2D eigenvalue weighted by molar-refractivity contribution is 7.17. The molecule has 1 aromatic carbocycles. The Morgan fingerprint density at radius 2 is 2.11 bits per heavy atom. The highest BCUT2D eigenvalue weighted by Crippen LogP contribution is 2.28. The summed E-state index contributed by atoms with van der Waals surface area (Å²) in [6, 6.07) is 5.64. The Bertz CT molecular complexity index is 623. The van der Waals surface area contributed by atoms with Gasteiger partial charge in [0.05, 0.1) is 6.42 Å². The molecule has 0 bridgehead atoms. The van der Waals surface area contributed by atoms with E-state index in [0.717, 1.165) is 15.6 Å². The van der Waals surface area contributed by atoms with Gasteiger partial charge in [0.2, 0.25) is 5.91 Å². The zero-order valence-electron chi connectivity index (χ0n) is 9.98. The van der Waals surface area contributed by atoms with E-state index in [9.17, 15) is 9.59 Å². The van der Waals surface area contributed by atoms with Crippen molar-refractivity contribution in [1.82, 2.24) is 5.32 Å². The number of carbonyl (C=O) groups is 2. The molecule has 1 heterocycles. The Morgan fingerprint density at radius 1 is 1.32 bits per heavy atom. The molecule has 4 nitrogen and oxygen atoms in total. The lowest BCUT2D eigenvalue weighted by Crippen LogP contribution is -2.23. The number of hydrogen-bond acceptors (Lipinski definition) is 3. The fraction of sp³-hybridized carbons (Fsp3) is 0.231. The van der Waals surface area contributed by atoms with Crippen LogP contribution < -0.4 is 5.32 Å². The first kappa shape index (κ1) is 13.8. The minimum atomic E-state index is -0.970. The summed E-state index contributed by atoms with van der Waals surface area (Å²) in [5.41, 5.74) is 0.992. The molecule has 1 aromatic heterocycles. The summed E-state index contributed by atoms with van der Waals surface area (Å²) in [6.07, 6.45) is -0.153. The van der Waals surface area contributed by atoms with E-state index < -0.39 is 5.97 Å². The topological polar surface area (TPSA) is 66.4 Å².